The van der Waals surface area contributed by atoms with Gasteiger partial charge in [-0.3, -0.25) is 0 Å². The van der Waals surface area contributed by atoms with Crippen molar-refractivity contribution in [1.29, 1.82) is 0 Å². The highest BCUT2D eigenvalue weighted by Gasteiger charge is 2.16. The molecule has 0 fully saturated rings. The molecule has 0 amide bonds. The molecule has 0 aliphatic carbocycles. The minimum atomic E-state index is 0.200. The Morgan fingerprint density at radius 3 is 2.33 bits per heavy atom. The van der Waals surface area contributed by atoms with Crippen LogP contribution in [-0.2, 0) is 0 Å². The van der Waals surface area contributed by atoms with E-state index in [0.29, 0.717) is 0 Å². The average Bonchev–Trinajstić information content (AvgIpc) is 2.79. The van der Waals surface area contributed by atoms with Crippen LogP contribution in [0.5, 0.6) is 0 Å². The van der Waals surface area contributed by atoms with Crippen LogP contribution in [-0.4, -0.2) is 7.05 Å². The molecule has 21 heavy (non-hydrogen) atoms. The van der Waals surface area contributed by atoms with Crippen LogP contribution in [0, 0.1) is 0 Å². The van der Waals surface area contributed by atoms with E-state index in [2.05, 4.69) is 95.6 Å². The highest BCUT2D eigenvalue weighted by Crippen LogP contribution is 2.38. The third kappa shape index (κ3) is 3.27. The first-order valence-corrected chi connectivity index (χ1v) is 9.59. The zero-order valence-electron chi connectivity index (χ0n) is 11.2. The molecule has 1 N–H and O–H groups in total. The van der Waals surface area contributed by atoms with Gasteiger partial charge in [0.25, 0.3) is 0 Å². The maximum atomic E-state index is 3.57. The summed E-state index contributed by atoms with van der Waals surface area (Å²) in [7, 11) is 2.00. The molecule has 1 nitrogen and oxygen atoms in total. The van der Waals surface area contributed by atoms with E-state index in [1.807, 2.05) is 7.05 Å². The maximum Gasteiger partial charge on any atom is 0.0843 e. The lowest BCUT2D eigenvalue weighted by Crippen LogP contribution is -2.16. The van der Waals surface area contributed by atoms with Crippen LogP contribution < -0.4 is 5.32 Å². The van der Waals surface area contributed by atoms with Crippen LogP contribution in [0.4, 0.5) is 0 Å². The van der Waals surface area contributed by atoms with Crippen molar-refractivity contribution in [3.05, 3.63) is 65.6 Å². The summed E-state index contributed by atoms with van der Waals surface area (Å²) in [5, 5.41) is 5.91. The topological polar surface area (TPSA) is 12.0 Å². The van der Waals surface area contributed by atoms with Crippen LogP contribution >= 0.6 is 59.1 Å². The average molecular weight is 490 g/mol. The van der Waals surface area contributed by atoms with Gasteiger partial charge in [0.05, 0.1) is 9.83 Å². The Morgan fingerprint density at radius 1 is 0.952 bits per heavy atom. The lowest BCUT2D eigenvalue weighted by Gasteiger charge is -2.16. The fourth-order valence-electron chi connectivity index (χ4n) is 2.39. The number of thiophene rings is 1. The number of benzene rings is 2. The van der Waals surface area contributed by atoms with E-state index in [1.165, 1.54) is 21.2 Å². The molecule has 0 aliphatic rings. The quantitative estimate of drug-likeness (QED) is 0.443. The third-order valence-electron chi connectivity index (χ3n) is 3.40. The predicted molar refractivity (Wildman–Crippen MR) is 102 cm³/mol. The fourth-order valence-corrected chi connectivity index (χ4v) is 5.00. The number of fused-ring (bicyclic) bond motifs is 1. The van der Waals surface area contributed by atoms with Crippen molar-refractivity contribution in [3.8, 4) is 0 Å². The summed E-state index contributed by atoms with van der Waals surface area (Å²) in [6.07, 6.45) is 0. The van der Waals surface area contributed by atoms with Gasteiger partial charge in [-0.05, 0) is 79.5 Å². The molecule has 0 bridgehead atoms. The van der Waals surface area contributed by atoms with Gasteiger partial charge in [-0.1, -0.05) is 34.1 Å². The molecule has 0 saturated heterocycles. The first-order chi connectivity index (χ1) is 10.1. The van der Waals surface area contributed by atoms with E-state index < -0.39 is 0 Å². The van der Waals surface area contributed by atoms with Crippen LogP contribution in [0.25, 0.3) is 10.8 Å². The molecule has 3 rings (SSSR count). The Hall–Kier alpha value is -0.200. The number of nitrogens with one attached hydrogen (secondary N) is 1. The van der Waals surface area contributed by atoms with Gasteiger partial charge in [0.2, 0.25) is 0 Å². The van der Waals surface area contributed by atoms with Gasteiger partial charge in [0.15, 0.2) is 0 Å². The van der Waals surface area contributed by atoms with E-state index >= 15 is 0 Å². The van der Waals surface area contributed by atoms with Crippen LogP contribution in [0.2, 0.25) is 0 Å². The Kier molecular flexibility index (Phi) is 4.86. The van der Waals surface area contributed by atoms with E-state index in [4.69, 9.17) is 0 Å². The molecule has 2 aromatic carbocycles. The normalized spacial score (nSPS) is 12.8. The summed E-state index contributed by atoms with van der Waals surface area (Å²) < 4.78 is 3.34. The smallest absolute Gasteiger partial charge is 0.0843 e. The third-order valence-corrected chi connectivity index (χ3v) is 7.21. The van der Waals surface area contributed by atoms with Gasteiger partial charge < -0.3 is 5.32 Å². The van der Waals surface area contributed by atoms with E-state index in [0.717, 1.165) is 12.7 Å². The number of rotatable bonds is 3. The van der Waals surface area contributed by atoms with Crippen molar-refractivity contribution in [2.24, 2.45) is 0 Å². The Morgan fingerprint density at radius 2 is 1.67 bits per heavy atom. The van der Waals surface area contributed by atoms with Crippen molar-refractivity contribution in [2.75, 3.05) is 7.05 Å². The summed E-state index contributed by atoms with van der Waals surface area (Å²) in [5.41, 5.74) is 1.27. The van der Waals surface area contributed by atoms with E-state index in [9.17, 15) is 0 Å². The van der Waals surface area contributed by atoms with Crippen molar-refractivity contribution in [2.45, 2.75) is 6.04 Å². The Bertz CT molecular complexity index is 778. The highest BCUT2D eigenvalue weighted by atomic mass is 79.9. The van der Waals surface area contributed by atoms with Gasteiger partial charge in [0.1, 0.15) is 0 Å². The Labute approximate surface area is 153 Å². The molecule has 108 valence electrons. The molecule has 1 aromatic heterocycles. The lowest BCUT2D eigenvalue weighted by molar-refractivity contribution is 0.704. The highest BCUT2D eigenvalue weighted by molar-refractivity contribution is 9.13. The summed E-state index contributed by atoms with van der Waals surface area (Å²) >= 11 is 12.4. The van der Waals surface area contributed by atoms with Gasteiger partial charge >= 0.3 is 0 Å². The zero-order valence-corrected chi connectivity index (χ0v) is 16.7. The SMILES string of the molecule is CNC(c1ccc2cc(Br)ccc2c1)c1cc(Br)c(Br)s1. The largest absolute Gasteiger partial charge is 0.309 e. The predicted octanol–water partition coefficient (Wildman–Crippen LogP) is 6.50. The molecule has 1 unspecified atom stereocenters. The summed E-state index contributed by atoms with van der Waals surface area (Å²) in [5.74, 6) is 0. The number of hydrogen-bond acceptors (Lipinski definition) is 2. The molecular formula is C16H12Br3NS. The summed E-state index contributed by atoms with van der Waals surface area (Å²) in [6, 6.07) is 15.4. The molecule has 5 heteroatoms. The van der Waals surface area contributed by atoms with Gasteiger partial charge in [-0.25, -0.2) is 0 Å². The van der Waals surface area contributed by atoms with Crippen molar-refractivity contribution in [1.82, 2.24) is 5.32 Å². The number of hydrogen-bond donors (Lipinski definition) is 1. The van der Waals surface area contributed by atoms with Crippen LogP contribution in [0.1, 0.15) is 16.5 Å². The first kappa shape index (κ1) is 15.7. The Balaban J connectivity index is 2.06. The minimum Gasteiger partial charge on any atom is -0.309 e. The van der Waals surface area contributed by atoms with Crippen LogP contribution in [0.3, 0.4) is 0 Å². The molecule has 0 aliphatic heterocycles. The molecule has 0 radical (unpaired) electrons. The van der Waals surface area contributed by atoms with E-state index in [1.54, 1.807) is 11.3 Å². The standard InChI is InChI=1S/C16H12Br3NS/c1-20-15(14-8-13(18)16(19)21-14)11-3-2-10-7-12(17)5-4-9(10)6-11/h2-8,15,20H,1H3. The molecule has 1 atom stereocenters. The molecule has 1 heterocycles. The molecule has 0 spiro atoms. The van der Waals surface area contributed by atoms with E-state index in [-0.39, 0.29) is 6.04 Å². The van der Waals surface area contributed by atoms with Crippen molar-refractivity contribution >= 4 is 69.9 Å². The van der Waals surface area contributed by atoms with Crippen molar-refractivity contribution in [3.63, 3.8) is 0 Å². The second-order valence-corrected chi connectivity index (χ2v) is 8.91. The lowest BCUT2D eigenvalue weighted by atomic mass is 10.0. The van der Waals surface area contributed by atoms with Crippen molar-refractivity contribution < 1.29 is 0 Å². The first-order valence-electron chi connectivity index (χ1n) is 6.39. The van der Waals surface area contributed by atoms with Gasteiger partial charge in [0, 0.05) is 13.8 Å². The monoisotopic (exact) mass is 487 g/mol. The maximum absolute atomic E-state index is 3.57. The number of halogens is 3. The second kappa shape index (κ2) is 6.50. The minimum absolute atomic E-state index is 0.200. The molecule has 0 saturated carbocycles. The van der Waals surface area contributed by atoms with Gasteiger partial charge in [-0.15, -0.1) is 11.3 Å². The molecular weight excluding hydrogens is 478 g/mol. The summed E-state index contributed by atoms with van der Waals surface area (Å²) in [4.78, 5) is 1.28. The van der Waals surface area contributed by atoms with Gasteiger partial charge in [-0.2, -0.15) is 0 Å². The fraction of sp³-hybridized carbons (Fsp3) is 0.125. The second-order valence-electron chi connectivity index (χ2n) is 4.74. The molecule has 3 aromatic rings. The zero-order chi connectivity index (χ0) is 15.0. The summed E-state index contributed by atoms with van der Waals surface area (Å²) in [6.45, 7) is 0. The van der Waals surface area contributed by atoms with Crippen LogP contribution in [0.15, 0.2) is 55.2 Å².